The molecule has 0 atom stereocenters. The molecule has 84 valence electrons. The molecule has 0 aliphatic carbocycles. The summed E-state index contributed by atoms with van der Waals surface area (Å²) in [6.45, 7) is 1.86. The van der Waals surface area contributed by atoms with Crippen molar-refractivity contribution < 1.29 is 8.91 Å². The SMILES string of the molecule is Cc1cc(CSCc2ccccc2F)no1. The van der Waals surface area contributed by atoms with E-state index < -0.39 is 0 Å². The standard InChI is InChI=1S/C12H12FNOS/c1-9-6-11(14-15-9)8-16-7-10-4-2-3-5-12(10)13/h2-6H,7-8H2,1H3. The van der Waals surface area contributed by atoms with Crippen LogP contribution in [0.5, 0.6) is 0 Å². The van der Waals surface area contributed by atoms with E-state index in [1.807, 2.05) is 19.1 Å². The van der Waals surface area contributed by atoms with Crippen molar-refractivity contribution in [1.29, 1.82) is 0 Å². The van der Waals surface area contributed by atoms with Gasteiger partial charge in [-0.25, -0.2) is 4.39 Å². The summed E-state index contributed by atoms with van der Waals surface area (Å²) in [5.74, 6) is 2.05. The Morgan fingerprint density at radius 1 is 1.31 bits per heavy atom. The predicted octanol–water partition coefficient (Wildman–Crippen LogP) is 3.56. The third-order valence-electron chi connectivity index (χ3n) is 2.14. The van der Waals surface area contributed by atoms with Crippen LogP contribution < -0.4 is 0 Å². The zero-order chi connectivity index (χ0) is 11.4. The Morgan fingerprint density at radius 2 is 2.12 bits per heavy atom. The van der Waals surface area contributed by atoms with Gasteiger partial charge in [0, 0.05) is 17.6 Å². The van der Waals surface area contributed by atoms with Gasteiger partial charge in [-0.05, 0) is 18.6 Å². The first kappa shape index (κ1) is 11.2. The van der Waals surface area contributed by atoms with Crippen molar-refractivity contribution >= 4 is 11.8 Å². The zero-order valence-corrected chi connectivity index (χ0v) is 9.76. The second-order valence-corrected chi connectivity index (χ2v) is 4.50. The minimum absolute atomic E-state index is 0.147. The van der Waals surface area contributed by atoms with Crippen LogP contribution in [0.2, 0.25) is 0 Å². The van der Waals surface area contributed by atoms with E-state index in [9.17, 15) is 4.39 Å². The lowest BCUT2D eigenvalue weighted by molar-refractivity contribution is 0.393. The third kappa shape index (κ3) is 2.85. The molecule has 0 saturated carbocycles. The number of benzene rings is 1. The molecule has 16 heavy (non-hydrogen) atoms. The number of halogens is 1. The van der Waals surface area contributed by atoms with Gasteiger partial charge in [0.25, 0.3) is 0 Å². The maximum Gasteiger partial charge on any atom is 0.133 e. The highest BCUT2D eigenvalue weighted by atomic mass is 32.2. The average Bonchev–Trinajstić information content (AvgIpc) is 2.67. The van der Waals surface area contributed by atoms with Gasteiger partial charge >= 0.3 is 0 Å². The molecule has 0 spiro atoms. The summed E-state index contributed by atoms with van der Waals surface area (Å²) >= 11 is 1.62. The van der Waals surface area contributed by atoms with Gasteiger partial charge in [0.05, 0.1) is 5.69 Å². The summed E-state index contributed by atoms with van der Waals surface area (Å²) in [6.07, 6.45) is 0. The molecule has 0 unspecified atom stereocenters. The van der Waals surface area contributed by atoms with Crippen LogP contribution in [-0.4, -0.2) is 5.16 Å². The van der Waals surface area contributed by atoms with E-state index in [1.54, 1.807) is 23.9 Å². The first-order valence-electron chi connectivity index (χ1n) is 4.99. The Labute approximate surface area is 97.8 Å². The molecule has 0 saturated heterocycles. The fraction of sp³-hybridized carbons (Fsp3) is 0.250. The molecule has 1 heterocycles. The summed E-state index contributed by atoms with van der Waals surface area (Å²) in [5.41, 5.74) is 1.63. The number of aryl methyl sites for hydroxylation is 1. The molecule has 0 aliphatic rings. The molecular weight excluding hydrogens is 225 g/mol. The van der Waals surface area contributed by atoms with Crippen molar-refractivity contribution in [2.45, 2.75) is 18.4 Å². The van der Waals surface area contributed by atoms with Crippen LogP contribution >= 0.6 is 11.8 Å². The van der Waals surface area contributed by atoms with Gasteiger partial charge < -0.3 is 4.52 Å². The molecule has 4 heteroatoms. The molecule has 2 aromatic rings. The Morgan fingerprint density at radius 3 is 2.81 bits per heavy atom. The van der Waals surface area contributed by atoms with Crippen LogP contribution in [0.15, 0.2) is 34.9 Å². The quantitative estimate of drug-likeness (QED) is 0.813. The molecule has 2 nitrogen and oxygen atoms in total. The van der Waals surface area contributed by atoms with Gasteiger partial charge in [0.1, 0.15) is 11.6 Å². The maximum atomic E-state index is 13.3. The first-order valence-corrected chi connectivity index (χ1v) is 6.14. The monoisotopic (exact) mass is 237 g/mol. The van der Waals surface area contributed by atoms with E-state index in [0.717, 1.165) is 22.8 Å². The molecule has 1 aromatic carbocycles. The van der Waals surface area contributed by atoms with Crippen molar-refractivity contribution in [1.82, 2.24) is 5.16 Å². The second-order valence-electron chi connectivity index (χ2n) is 3.51. The molecule has 2 rings (SSSR count). The highest BCUT2D eigenvalue weighted by Crippen LogP contribution is 2.19. The topological polar surface area (TPSA) is 26.0 Å². The predicted molar refractivity (Wildman–Crippen MR) is 62.6 cm³/mol. The van der Waals surface area contributed by atoms with Crippen molar-refractivity contribution in [3.05, 3.63) is 53.2 Å². The number of nitrogens with zero attached hydrogens (tertiary/aromatic N) is 1. The van der Waals surface area contributed by atoms with E-state index in [1.165, 1.54) is 6.07 Å². The number of rotatable bonds is 4. The second kappa shape index (κ2) is 5.16. The highest BCUT2D eigenvalue weighted by Gasteiger charge is 2.03. The molecule has 0 bridgehead atoms. The fourth-order valence-electron chi connectivity index (χ4n) is 1.37. The zero-order valence-electron chi connectivity index (χ0n) is 8.94. The lowest BCUT2D eigenvalue weighted by Crippen LogP contribution is -1.87. The Kier molecular flexibility index (Phi) is 3.62. The minimum Gasteiger partial charge on any atom is -0.361 e. The molecule has 0 aliphatic heterocycles. The lowest BCUT2D eigenvalue weighted by Gasteiger charge is -2.00. The van der Waals surface area contributed by atoms with Gasteiger partial charge in [-0.3, -0.25) is 0 Å². The van der Waals surface area contributed by atoms with Crippen LogP contribution in [0.3, 0.4) is 0 Å². The number of hydrogen-bond donors (Lipinski definition) is 0. The largest absolute Gasteiger partial charge is 0.361 e. The van der Waals surface area contributed by atoms with E-state index in [-0.39, 0.29) is 5.82 Å². The van der Waals surface area contributed by atoms with Crippen LogP contribution in [0.4, 0.5) is 4.39 Å². The van der Waals surface area contributed by atoms with Crippen molar-refractivity contribution in [2.75, 3.05) is 0 Å². The minimum atomic E-state index is -0.147. The molecule has 0 radical (unpaired) electrons. The van der Waals surface area contributed by atoms with Crippen molar-refractivity contribution in [3.63, 3.8) is 0 Å². The number of aromatic nitrogens is 1. The Balaban J connectivity index is 1.87. The molecule has 0 N–H and O–H groups in total. The normalized spacial score (nSPS) is 10.6. The highest BCUT2D eigenvalue weighted by molar-refractivity contribution is 7.97. The van der Waals surface area contributed by atoms with E-state index in [4.69, 9.17) is 4.52 Å². The van der Waals surface area contributed by atoms with Gasteiger partial charge in [-0.1, -0.05) is 23.4 Å². The van der Waals surface area contributed by atoms with E-state index in [0.29, 0.717) is 5.75 Å². The molecule has 1 aromatic heterocycles. The van der Waals surface area contributed by atoms with Gasteiger partial charge in [-0.15, -0.1) is 0 Å². The van der Waals surface area contributed by atoms with Crippen LogP contribution in [0.25, 0.3) is 0 Å². The summed E-state index contributed by atoms with van der Waals surface area (Å²) in [7, 11) is 0. The van der Waals surface area contributed by atoms with Crippen molar-refractivity contribution in [3.8, 4) is 0 Å². The fourth-order valence-corrected chi connectivity index (χ4v) is 2.27. The van der Waals surface area contributed by atoms with Crippen molar-refractivity contribution in [2.24, 2.45) is 0 Å². The van der Waals surface area contributed by atoms with Crippen LogP contribution in [0, 0.1) is 12.7 Å². The van der Waals surface area contributed by atoms with Crippen LogP contribution in [-0.2, 0) is 11.5 Å². The van der Waals surface area contributed by atoms with Gasteiger partial charge in [0.15, 0.2) is 0 Å². The van der Waals surface area contributed by atoms with E-state index >= 15 is 0 Å². The summed E-state index contributed by atoms with van der Waals surface area (Å²) in [4.78, 5) is 0. The summed E-state index contributed by atoms with van der Waals surface area (Å²) < 4.78 is 18.2. The smallest absolute Gasteiger partial charge is 0.133 e. The van der Waals surface area contributed by atoms with E-state index in [2.05, 4.69) is 5.16 Å². The summed E-state index contributed by atoms with van der Waals surface area (Å²) in [5, 5.41) is 3.88. The number of thioether (sulfide) groups is 1. The molecule has 0 fully saturated rings. The average molecular weight is 237 g/mol. The summed E-state index contributed by atoms with van der Waals surface area (Å²) in [6, 6.07) is 8.73. The molecular formula is C12H12FNOS. The van der Waals surface area contributed by atoms with Crippen LogP contribution in [0.1, 0.15) is 17.0 Å². The van der Waals surface area contributed by atoms with Gasteiger partial charge in [0.2, 0.25) is 0 Å². The lowest BCUT2D eigenvalue weighted by atomic mass is 10.2. The molecule has 0 amide bonds. The Bertz CT molecular complexity index is 470. The first-order chi connectivity index (χ1) is 7.75. The Hall–Kier alpha value is -1.29. The maximum absolute atomic E-state index is 13.3. The van der Waals surface area contributed by atoms with Gasteiger partial charge in [-0.2, -0.15) is 11.8 Å². The number of hydrogen-bond acceptors (Lipinski definition) is 3. The third-order valence-corrected chi connectivity index (χ3v) is 3.16.